The third-order valence-electron chi connectivity index (χ3n) is 6.38. The van der Waals surface area contributed by atoms with E-state index in [9.17, 15) is 13.2 Å². The zero-order valence-corrected chi connectivity index (χ0v) is 20.9. The molecule has 4 aromatic rings. The van der Waals surface area contributed by atoms with E-state index in [0.717, 1.165) is 40.6 Å². The highest BCUT2D eigenvalue weighted by Crippen LogP contribution is 2.32. The minimum Gasteiger partial charge on any atom is -0.383 e. The first-order valence-corrected chi connectivity index (χ1v) is 13.4. The van der Waals surface area contributed by atoms with Gasteiger partial charge in [0.25, 0.3) is 15.9 Å². The number of hydrogen-bond donors (Lipinski definition) is 1. The lowest BCUT2D eigenvalue weighted by molar-refractivity contribution is 0.0933. The molecule has 0 spiro atoms. The maximum Gasteiger partial charge on any atom is 0.272 e. The van der Waals surface area contributed by atoms with Crippen molar-refractivity contribution in [2.75, 3.05) is 31.1 Å². The van der Waals surface area contributed by atoms with Crippen LogP contribution in [0.3, 0.4) is 0 Å². The number of carbonyl (C=O) groups excluding carboxylic acids is 1. The molecule has 2 heterocycles. The van der Waals surface area contributed by atoms with Crippen LogP contribution in [0.4, 0.5) is 5.69 Å². The van der Waals surface area contributed by atoms with E-state index in [1.54, 1.807) is 36.1 Å². The van der Waals surface area contributed by atoms with E-state index in [1.165, 1.54) is 4.31 Å². The maximum absolute atomic E-state index is 13.4. The molecular weight excluding hydrogens is 476 g/mol. The van der Waals surface area contributed by atoms with Crippen LogP contribution >= 0.6 is 0 Å². The number of nitrogens with zero attached hydrogens (tertiary/aromatic N) is 3. The molecule has 0 atom stereocenters. The van der Waals surface area contributed by atoms with Gasteiger partial charge in [-0.2, -0.15) is 5.10 Å². The smallest absolute Gasteiger partial charge is 0.272 e. The molecule has 1 aromatic heterocycles. The molecule has 1 amide bonds. The minimum atomic E-state index is -3.67. The third kappa shape index (κ3) is 4.59. The van der Waals surface area contributed by atoms with Gasteiger partial charge in [0.05, 0.1) is 29.3 Å². The van der Waals surface area contributed by atoms with Gasteiger partial charge in [-0.1, -0.05) is 48.5 Å². The van der Waals surface area contributed by atoms with Crippen molar-refractivity contribution in [3.05, 3.63) is 89.6 Å². The summed E-state index contributed by atoms with van der Waals surface area (Å²) in [4.78, 5) is 12.9. The molecule has 1 aliphatic rings. The molecule has 0 aliphatic carbocycles. The second kappa shape index (κ2) is 10.1. The molecular formula is C27H28N4O4S. The van der Waals surface area contributed by atoms with E-state index in [2.05, 4.69) is 10.4 Å². The van der Waals surface area contributed by atoms with Gasteiger partial charge in [0.2, 0.25) is 0 Å². The fourth-order valence-corrected chi connectivity index (χ4v) is 6.12. The molecule has 5 rings (SSSR count). The molecule has 9 heteroatoms. The number of rotatable bonds is 8. The number of fused-ring (bicyclic) bond motifs is 2. The Labute approximate surface area is 210 Å². The number of ether oxygens (including phenoxy) is 1. The average Bonchev–Trinajstić information content (AvgIpc) is 3.27. The van der Waals surface area contributed by atoms with Gasteiger partial charge in [0, 0.05) is 25.6 Å². The van der Waals surface area contributed by atoms with E-state index in [1.807, 2.05) is 48.5 Å². The Morgan fingerprint density at radius 2 is 1.78 bits per heavy atom. The van der Waals surface area contributed by atoms with Crippen LogP contribution < -0.4 is 9.62 Å². The molecule has 0 fully saturated rings. The van der Waals surface area contributed by atoms with Gasteiger partial charge in [-0.25, -0.2) is 8.42 Å². The summed E-state index contributed by atoms with van der Waals surface area (Å²) in [6.45, 7) is 1.69. The summed E-state index contributed by atoms with van der Waals surface area (Å²) in [5.41, 5.74) is 3.87. The van der Waals surface area contributed by atoms with Crippen LogP contribution in [-0.2, 0) is 27.7 Å². The van der Waals surface area contributed by atoms with Crippen molar-refractivity contribution in [3.8, 4) is 0 Å². The number of aryl methyl sites for hydroxylation is 1. The highest BCUT2D eigenvalue weighted by molar-refractivity contribution is 7.92. The van der Waals surface area contributed by atoms with Gasteiger partial charge >= 0.3 is 0 Å². The van der Waals surface area contributed by atoms with E-state index in [4.69, 9.17) is 4.74 Å². The predicted octanol–water partition coefficient (Wildman–Crippen LogP) is 3.60. The van der Waals surface area contributed by atoms with Crippen LogP contribution in [0.15, 0.2) is 77.7 Å². The summed E-state index contributed by atoms with van der Waals surface area (Å²) in [6, 6.07) is 22.1. The normalized spacial score (nSPS) is 13.5. The number of anilines is 1. The lowest BCUT2D eigenvalue weighted by Crippen LogP contribution is -2.35. The van der Waals surface area contributed by atoms with Crippen LogP contribution in [0.2, 0.25) is 0 Å². The van der Waals surface area contributed by atoms with Gasteiger partial charge in [0.1, 0.15) is 0 Å². The third-order valence-corrected chi connectivity index (χ3v) is 8.20. The number of para-hydroxylation sites is 2. The van der Waals surface area contributed by atoms with E-state index in [-0.39, 0.29) is 10.8 Å². The predicted molar refractivity (Wildman–Crippen MR) is 139 cm³/mol. The molecule has 0 saturated heterocycles. The summed E-state index contributed by atoms with van der Waals surface area (Å²) < 4.78 is 35.2. The molecule has 0 radical (unpaired) electrons. The summed E-state index contributed by atoms with van der Waals surface area (Å²) >= 11 is 0. The molecule has 3 aromatic carbocycles. The maximum atomic E-state index is 13.4. The SMILES string of the molecule is COCCNC(=O)c1nn(Cc2ccc(S(=O)(=O)N3CCCc4ccccc43)cc2)c2ccccc12. The Kier molecular flexibility index (Phi) is 6.75. The van der Waals surface area contributed by atoms with Crippen molar-refractivity contribution in [3.63, 3.8) is 0 Å². The summed E-state index contributed by atoms with van der Waals surface area (Å²) in [5, 5.41) is 8.15. The summed E-state index contributed by atoms with van der Waals surface area (Å²) in [5.74, 6) is -0.259. The van der Waals surface area contributed by atoms with Gasteiger partial charge < -0.3 is 10.1 Å². The second-order valence-corrected chi connectivity index (χ2v) is 10.6. The van der Waals surface area contributed by atoms with E-state index < -0.39 is 10.0 Å². The zero-order chi connectivity index (χ0) is 25.1. The number of amides is 1. The topological polar surface area (TPSA) is 93.5 Å². The standard InChI is InChI=1S/C27H28N4O4S/c1-35-18-16-28-27(32)26-23-9-3-5-11-25(23)30(29-26)19-20-12-14-22(15-13-20)36(33,34)31-17-6-8-21-7-2-4-10-24(21)31/h2-5,7,9-15H,6,8,16-19H2,1H3,(H,28,32). The van der Waals surface area contributed by atoms with Gasteiger partial charge in [-0.05, 0) is 48.2 Å². The van der Waals surface area contributed by atoms with Crippen LogP contribution in [0.1, 0.15) is 28.0 Å². The number of carbonyl (C=O) groups is 1. The van der Waals surface area contributed by atoms with E-state index in [0.29, 0.717) is 31.9 Å². The molecule has 1 N–H and O–H groups in total. The molecule has 0 unspecified atom stereocenters. The molecule has 0 bridgehead atoms. The zero-order valence-electron chi connectivity index (χ0n) is 20.1. The van der Waals surface area contributed by atoms with Crippen LogP contribution in [-0.4, -0.2) is 50.9 Å². The first-order valence-electron chi connectivity index (χ1n) is 11.9. The molecule has 186 valence electrons. The number of methoxy groups -OCH3 is 1. The fraction of sp³-hybridized carbons (Fsp3) is 0.259. The minimum absolute atomic E-state index is 0.256. The second-order valence-electron chi connectivity index (χ2n) is 8.73. The first kappa shape index (κ1) is 24.0. The van der Waals surface area contributed by atoms with Gasteiger partial charge in [0.15, 0.2) is 5.69 Å². The quantitative estimate of drug-likeness (QED) is 0.370. The largest absolute Gasteiger partial charge is 0.383 e. The number of benzene rings is 3. The summed E-state index contributed by atoms with van der Waals surface area (Å²) in [7, 11) is -2.09. The number of sulfonamides is 1. The first-order chi connectivity index (χ1) is 17.5. The van der Waals surface area contributed by atoms with Crippen LogP contribution in [0, 0.1) is 0 Å². The highest BCUT2D eigenvalue weighted by Gasteiger charge is 2.28. The summed E-state index contributed by atoms with van der Waals surface area (Å²) in [6.07, 6.45) is 1.67. The lowest BCUT2D eigenvalue weighted by atomic mass is 10.0. The van der Waals surface area contributed by atoms with Crippen molar-refractivity contribution in [1.82, 2.24) is 15.1 Å². The fourth-order valence-electron chi connectivity index (χ4n) is 4.58. The Morgan fingerprint density at radius 3 is 2.58 bits per heavy atom. The van der Waals surface area contributed by atoms with Crippen molar-refractivity contribution < 1.29 is 17.9 Å². The van der Waals surface area contributed by atoms with Crippen LogP contribution in [0.25, 0.3) is 10.9 Å². The Hall–Kier alpha value is -3.69. The molecule has 36 heavy (non-hydrogen) atoms. The molecule has 1 aliphatic heterocycles. The monoisotopic (exact) mass is 504 g/mol. The van der Waals surface area contributed by atoms with Crippen molar-refractivity contribution >= 4 is 32.5 Å². The average molecular weight is 505 g/mol. The molecule has 8 nitrogen and oxygen atoms in total. The highest BCUT2D eigenvalue weighted by atomic mass is 32.2. The van der Waals surface area contributed by atoms with Crippen molar-refractivity contribution in [1.29, 1.82) is 0 Å². The lowest BCUT2D eigenvalue weighted by Gasteiger charge is -2.30. The molecule has 0 saturated carbocycles. The van der Waals surface area contributed by atoms with E-state index >= 15 is 0 Å². The Balaban J connectivity index is 1.39. The number of nitrogens with one attached hydrogen (secondary N) is 1. The van der Waals surface area contributed by atoms with Gasteiger partial charge in [-0.15, -0.1) is 0 Å². The van der Waals surface area contributed by atoms with Gasteiger partial charge in [-0.3, -0.25) is 13.8 Å². The Morgan fingerprint density at radius 1 is 1.03 bits per heavy atom. The Bertz CT molecular complexity index is 1500. The number of hydrogen-bond acceptors (Lipinski definition) is 5. The number of aromatic nitrogens is 2. The van der Waals surface area contributed by atoms with Crippen LogP contribution in [0.5, 0.6) is 0 Å². The van der Waals surface area contributed by atoms with Crippen molar-refractivity contribution in [2.24, 2.45) is 0 Å². The van der Waals surface area contributed by atoms with Crippen molar-refractivity contribution in [2.45, 2.75) is 24.3 Å².